The Balaban J connectivity index is 2.61. The number of hydrogen-bond acceptors (Lipinski definition) is 3. The highest BCUT2D eigenvalue weighted by Gasteiger charge is 2.18. The molecular weight excluding hydrogens is 236 g/mol. The van der Waals surface area contributed by atoms with E-state index in [2.05, 4.69) is 0 Å². The molecule has 0 fully saturated rings. The Hall–Kier alpha value is -1.16. The van der Waals surface area contributed by atoms with Gasteiger partial charge in [-0.2, -0.15) is 0 Å². The maximum atomic E-state index is 11.9. The van der Waals surface area contributed by atoms with Gasteiger partial charge in [0.2, 0.25) is 0 Å². The molecule has 17 heavy (non-hydrogen) atoms. The number of carbonyl (C=O) groups excluding carboxylic acids is 1. The van der Waals surface area contributed by atoms with Gasteiger partial charge < -0.3 is 4.74 Å². The molecule has 0 aliphatic carbocycles. The normalized spacial score (nSPS) is 13.2. The van der Waals surface area contributed by atoms with Crippen molar-refractivity contribution in [2.45, 2.75) is 38.2 Å². The fourth-order valence-electron chi connectivity index (χ4n) is 1.25. The molecule has 0 aliphatic heterocycles. The van der Waals surface area contributed by atoms with E-state index in [4.69, 9.17) is 4.74 Å². The van der Waals surface area contributed by atoms with Gasteiger partial charge in [0.1, 0.15) is 11.4 Å². The molecule has 3 nitrogen and oxygen atoms in total. The summed E-state index contributed by atoms with van der Waals surface area (Å²) in [5.41, 5.74) is 0.567. The van der Waals surface area contributed by atoms with Gasteiger partial charge in [-0.15, -0.1) is 0 Å². The Kier molecular flexibility index (Phi) is 4.46. The van der Waals surface area contributed by atoms with E-state index in [9.17, 15) is 9.00 Å². The van der Waals surface area contributed by atoms with Crippen LogP contribution >= 0.6 is 0 Å². The van der Waals surface area contributed by atoms with Crippen LogP contribution in [0.3, 0.4) is 0 Å². The van der Waals surface area contributed by atoms with Crippen LogP contribution in [0.4, 0.5) is 0 Å². The molecule has 0 bridgehead atoms. The van der Waals surface area contributed by atoms with E-state index in [0.29, 0.717) is 4.90 Å². The lowest BCUT2D eigenvalue weighted by Gasteiger charge is -2.19. The molecule has 4 heteroatoms. The second-order valence-electron chi connectivity index (χ2n) is 4.89. The highest BCUT2D eigenvalue weighted by Crippen LogP contribution is 2.11. The van der Waals surface area contributed by atoms with Crippen LogP contribution in [0, 0.1) is 6.92 Å². The SMILES string of the molecule is Cc1ccc([S@](=O)CC(=O)OC(C)(C)C)cc1. The predicted octanol–water partition coefficient (Wildman–Crippen LogP) is 2.44. The lowest BCUT2D eigenvalue weighted by Crippen LogP contribution is -2.27. The minimum absolute atomic E-state index is 0.0969. The molecule has 0 aromatic heterocycles. The molecule has 0 amide bonds. The minimum Gasteiger partial charge on any atom is -0.459 e. The zero-order chi connectivity index (χ0) is 13.1. The third-order valence-corrected chi connectivity index (χ3v) is 3.25. The molecule has 0 radical (unpaired) electrons. The van der Waals surface area contributed by atoms with Crippen LogP contribution in [0.25, 0.3) is 0 Å². The van der Waals surface area contributed by atoms with E-state index in [1.54, 1.807) is 32.9 Å². The Labute approximate surface area is 105 Å². The number of ether oxygens (including phenoxy) is 1. The monoisotopic (exact) mass is 254 g/mol. The smallest absolute Gasteiger partial charge is 0.319 e. The van der Waals surface area contributed by atoms with Crippen molar-refractivity contribution in [3.8, 4) is 0 Å². The number of hydrogen-bond donors (Lipinski definition) is 0. The quantitative estimate of drug-likeness (QED) is 0.778. The largest absolute Gasteiger partial charge is 0.459 e. The summed E-state index contributed by atoms with van der Waals surface area (Å²) in [6.07, 6.45) is 0. The Morgan fingerprint density at radius 1 is 1.24 bits per heavy atom. The Morgan fingerprint density at radius 2 is 1.76 bits per heavy atom. The number of esters is 1. The van der Waals surface area contributed by atoms with E-state index in [1.807, 2.05) is 19.1 Å². The summed E-state index contributed by atoms with van der Waals surface area (Å²) < 4.78 is 17.0. The van der Waals surface area contributed by atoms with Crippen LogP contribution in [-0.4, -0.2) is 21.5 Å². The van der Waals surface area contributed by atoms with Gasteiger partial charge in [-0.3, -0.25) is 9.00 Å². The van der Waals surface area contributed by atoms with Crippen molar-refractivity contribution in [3.63, 3.8) is 0 Å². The first-order valence-electron chi connectivity index (χ1n) is 5.45. The summed E-state index contributed by atoms with van der Waals surface area (Å²) >= 11 is 0. The highest BCUT2D eigenvalue weighted by atomic mass is 32.2. The average molecular weight is 254 g/mol. The molecule has 0 unspecified atom stereocenters. The van der Waals surface area contributed by atoms with E-state index in [-0.39, 0.29) is 5.75 Å². The molecule has 0 saturated carbocycles. The molecular formula is C13H18O3S. The molecule has 1 atom stereocenters. The zero-order valence-corrected chi connectivity index (χ0v) is 11.5. The first kappa shape index (κ1) is 13.9. The number of rotatable bonds is 3. The van der Waals surface area contributed by atoms with Crippen molar-refractivity contribution in [1.29, 1.82) is 0 Å². The van der Waals surface area contributed by atoms with Crippen LogP contribution in [0.15, 0.2) is 29.2 Å². The van der Waals surface area contributed by atoms with Crippen molar-refractivity contribution in [2.75, 3.05) is 5.75 Å². The highest BCUT2D eigenvalue weighted by molar-refractivity contribution is 7.85. The maximum absolute atomic E-state index is 11.9. The molecule has 0 N–H and O–H groups in total. The van der Waals surface area contributed by atoms with Gasteiger partial charge in [-0.1, -0.05) is 17.7 Å². The van der Waals surface area contributed by atoms with E-state index in [0.717, 1.165) is 5.56 Å². The van der Waals surface area contributed by atoms with Crippen molar-refractivity contribution in [1.82, 2.24) is 0 Å². The van der Waals surface area contributed by atoms with Gasteiger partial charge in [-0.05, 0) is 39.8 Å². The third kappa shape index (κ3) is 5.13. The predicted molar refractivity (Wildman–Crippen MR) is 68.3 cm³/mol. The number of carbonyl (C=O) groups is 1. The fourth-order valence-corrected chi connectivity index (χ4v) is 2.13. The van der Waals surface area contributed by atoms with Crippen LogP contribution in [0.1, 0.15) is 26.3 Å². The van der Waals surface area contributed by atoms with Gasteiger partial charge in [-0.25, -0.2) is 0 Å². The Bertz CT molecular complexity index is 415. The van der Waals surface area contributed by atoms with Crippen molar-refractivity contribution < 1.29 is 13.7 Å². The van der Waals surface area contributed by atoms with E-state index in [1.165, 1.54) is 0 Å². The van der Waals surface area contributed by atoms with Gasteiger partial charge in [0.05, 0.1) is 10.8 Å². The molecule has 1 aromatic carbocycles. The summed E-state index contributed by atoms with van der Waals surface area (Å²) in [4.78, 5) is 12.1. The first-order valence-corrected chi connectivity index (χ1v) is 6.77. The van der Waals surface area contributed by atoms with E-state index >= 15 is 0 Å². The second-order valence-corrected chi connectivity index (χ2v) is 6.34. The van der Waals surface area contributed by atoms with Crippen LogP contribution in [0.5, 0.6) is 0 Å². The standard InChI is InChI=1S/C13H18O3S/c1-10-5-7-11(8-6-10)17(15)9-12(14)16-13(2,3)4/h5-8H,9H2,1-4H3/t17-/m1/s1. The topological polar surface area (TPSA) is 43.4 Å². The van der Waals surface area contributed by atoms with Crippen molar-refractivity contribution in [3.05, 3.63) is 29.8 Å². The molecule has 0 spiro atoms. The summed E-state index contributed by atoms with van der Waals surface area (Å²) in [6, 6.07) is 7.30. The minimum atomic E-state index is -1.33. The fraction of sp³-hybridized carbons (Fsp3) is 0.462. The first-order chi connectivity index (χ1) is 7.78. The van der Waals surface area contributed by atoms with Gasteiger partial charge in [0.25, 0.3) is 0 Å². The molecule has 0 saturated heterocycles. The molecule has 0 aliphatic rings. The Morgan fingerprint density at radius 3 is 2.24 bits per heavy atom. The zero-order valence-electron chi connectivity index (χ0n) is 10.6. The number of aryl methyl sites for hydroxylation is 1. The number of benzene rings is 1. The summed E-state index contributed by atoms with van der Waals surface area (Å²) in [6.45, 7) is 7.33. The molecule has 1 aromatic rings. The molecule has 94 valence electrons. The summed E-state index contributed by atoms with van der Waals surface area (Å²) in [5.74, 6) is -0.531. The summed E-state index contributed by atoms with van der Waals surface area (Å²) in [5, 5.41) is 0. The average Bonchev–Trinajstić information content (AvgIpc) is 2.15. The van der Waals surface area contributed by atoms with Crippen molar-refractivity contribution in [2.24, 2.45) is 0 Å². The van der Waals surface area contributed by atoms with Gasteiger partial charge in [0, 0.05) is 4.90 Å². The van der Waals surface area contributed by atoms with Gasteiger partial charge >= 0.3 is 5.97 Å². The molecule has 0 heterocycles. The lowest BCUT2D eigenvalue weighted by atomic mass is 10.2. The second kappa shape index (κ2) is 5.45. The van der Waals surface area contributed by atoms with Crippen LogP contribution in [-0.2, 0) is 20.3 Å². The molecule has 1 rings (SSSR count). The lowest BCUT2D eigenvalue weighted by molar-refractivity contribution is -0.151. The maximum Gasteiger partial charge on any atom is 0.319 e. The van der Waals surface area contributed by atoms with Gasteiger partial charge in [0.15, 0.2) is 0 Å². The third-order valence-electron chi connectivity index (χ3n) is 1.95. The van der Waals surface area contributed by atoms with E-state index < -0.39 is 22.4 Å². The van der Waals surface area contributed by atoms with Crippen LogP contribution in [0.2, 0.25) is 0 Å². The summed E-state index contributed by atoms with van der Waals surface area (Å²) in [7, 11) is -1.33. The van der Waals surface area contributed by atoms with Crippen molar-refractivity contribution >= 4 is 16.8 Å². The van der Waals surface area contributed by atoms with Crippen LogP contribution < -0.4 is 0 Å².